The Bertz CT molecular complexity index is 730. The fraction of sp³-hybridized carbons (Fsp3) is 0.571. The Balaban J connectivity index is 0.00000156. The maximum Gasteiger partial charge on any atom is 0.252 e. The molecule has 0 saturated carbocycles. The molecule has 9 heteroatoms. The van der Waals surface area contributed by atoms with Crippen LogP contribution in [0.3, 0.4) is 0 Å². The first-order chi connectivity index (χ1) is 10.5. The molecule has 1 aliphatic heterocycles. The minimum atomic E-state index is -2.71. The highest BCUT2D eigenvalue weighted by atomic mass is 35.5. The van der Waals surface area contributed by atoms with Crippen LogP contribution >= 0.6 is 12.4 Å². The van der Waals surface area contributed by atoms with Gasteiger partial charge in [0.1, 0.15) is 11.3 Å². The van der Waals surface area contributed by atoms with Gasteiger partial charge in [0.2, 0.25) is 5.95 Å². The maximum atomic E-state index is 13.7. The van der Waals surface area contributed by atoms with E-state index in [1.165, 1.54) is 0 Å². The Hall–Kier alpha value is -1.67. The summed E-state index contributed by atoms with van der Waals surface area (Å²) in [6.07, 6.45) is -0.307. The first-order valence-corrected chi connectivity index (χ1v) is 7.45. The van der Waals surface area contributed by atoms with Gasteiger partial charge < -0.3 is 20.4 Å². The van der Waals surface area contributed by atoms with Gasteiger partial charge in [-0.15, -0.1) is 12.4 Å². The van der Waals surface area contributed by atoms with Crippen molar-refractivity contribution in [2.75, 3.05) is 36.8 Å². The number of anilines is 2. The molecule has 3 N–H and O–H groups in total. The summed E-state index contributed by atoms with van der Waals surface area (Å²) < 4.78 is 33.3. The number of fused-ring (bicyclic) bond motifs is 3. The highest BCUT2D eigenvalue weighted by Crippen LogP contribution is 2.40. The van der Waals surface area contributed by atoms with Crippen molar-refractivity contribution in [2.24, 2.45) is 0 Å². The average molecular weight is 346 g/mol. The van der Waals surface area contributed by atoms with E-state index < -0.39 is 5.92 Å². The van der Waals surface area contributed by atoms with Crippen LogP contribution in [-0.2, 0) is 12.8 Å². The molecule has 0 atom stereocenters. The lowest BCUT2D eigenvalue weighted by Gasteiger charge is -2.28. The van der Waals surface area contributed by atoms with E-state index in [1.54, 1.807) is 0 Å². The van der Waals surface area contributed by atoms with Crippen molar-refractivity contribution in [1.29, 1.82) is 0 Å². The van der Waals surface area contributed by atoms with Gasteiger partial charge in [-0.3, -0.25) is 0 Å². The van der Waals surface area contributed by atoms with Gasteiger partial charge >= 0.3 is 0 Å². The van der Waals surface area contributed by atoms with E-state index in [2.05, 4.69) is 20.2 Å². The fourth-order valence-electron chi connectivity index (χ4n) is 3.19. The predicted octanol–water partition coefficient (Wildman–Crippen LogP) is 1.76. The van der Waals surface area contributed by atoms with Crippen molar-refractivity contribution in [1.82, 2.24) is 15.3 Å². The number of aromatic nitrogens is 2. The van der Waals surface area contributed by atoms with Crippen LogP contribution in [0.1, 0.15) is 17.7 Å². The van der Waals surface area contributed by atoms with Gasteiger partial charge in [-0.2, -0.15) is 4.98 Å². The minimum absolute atomic E-state index is 0. The Labute approximate surface area is 137 Å². The van der Waals surface area contributed by atoms with Crippen molar-refractivity contribution in [3.8, 4) is 0 Å². The van der Waals surface area contributed by atoms with E-state index >= 15 is 0 Å². The topological polar surface area (TPSA) is 80.2 Å². The van der Waals surface area contributed by atoms with Gasteiger partial charge in [0.25, 0.3) is 5.92 Å². The zero-order chi connectivity index (χ0) is 15.3. The van der Waals surface area contributed by atoms with Crippen LogP contribution in [0, 0.1) is 0 Å². The molecular formula is C14H18ClF2N5O. The molecule has 0 aromatic carbocycles. The smallest absolute Gasteiger partial charge is 0.252 e. The van der Waals surface area contributed by atoms with Gasteiger partial charge in [0.05, 0.1) is 0 Å². The minimum Gasteiger partial charge on any atom is -0.455 e. The van der Waals surface area contributed by atoms with Gasteiger partial charge in [-0.25, -0.2) is 13.8 Å². The molecule has 1 saturated heterocycles. The Morgan fingerprint density at radius 3 is 2.70 bits per heavy atom. The second-order valence-electron chi connectivity index (χ2n) is 5.86. The van der Waals surface area contributed by atoms with E-state index in [0.29, 0.717) is 28.2 Å². The summed E-state index contributed by atoms with van der Waals surface area (Å²) >= 11 is 0. The van der Waals surface area contributed by atoms with Crippen LogP contribution in [-0.4, -0.2) is 42.1 Å². The lowest BCUT2D eigenvalue weighted by Crippen LogP contribution is -2.44. The number of alkyl halides is 2. The molecule has 2 aromatic rings. The van der Waals surface area contributed by atoms with E-state index in [4.69, 9.17) is 10.2 Å². The first-order valence-electron chi connectivity index (χ1n) is 7.45. The number of piperazine rings is 1. The third-order valence-corrected chi connectivity index (χ3v) is 4.28. The van der Waals surface area contributed by atoms with Gasteiger partial charge in [0.15, 0.2) is 11.4 Å². The summed E-state index contributed by atoms with van der Waals surface area (Å²) in [5.41, 5.74) is 7.21. The molecule has 3 heterocycles. The van der Waals surface area contributed by atoms with E-state index in [-0.39, 0.29) is 37.6 Å². The third kappa shape index (κ3) is 2.81. The van der Waals surface area contributed by atoms with Crippen LogP contribution in [0.5, 0.6) is 0 Å². The Morgan fingerprint density at radius 1 is 1.22 bits per heavy atom. The molecule has 126 valence electrons. The van der Waals surface area contributed by atoms with Gasteiger partial charge in [-0.1, -0.05) is 0 Å². The molecule has 1 fully saturated rings. The number of nitrogens with one attached hydrogen (secondary N) is 1. The van der Waals surface area contributed by atoms with Crippen LogP contribution in [0.15, 0.2) is 4.42 Å². The number of furan rings is 1. The summed E-state index contributed by atoms with van der Waals surface area (Å²) in [7, 11) is 0. The monoisotopic (exact) mass is 345 g/mol. The molecular weight excluding hydrogens is 328 g/mol. The highest BCUT2D eigenvalue weighted by molar-refractivity contribution is 5.89. The number of nitrogens with two attached hydrogens (primary N) is 1. The summed E-state index contributed by atoms with van der Waals surface area (Å²) in [5, 5.41) is 3.26. The number of halogens is 3. The number of nitrogen functional groups attached to an aromatic ring is 1. The molecule has 0 bridgehead atoms. The number of nitrogens with zero attached hydrogens (tertiary/aromatic N) is 3. The second kappa shape index (κ2) is 5.76. The second-order valence-corrected chi connectivity index (χ2v) is 5.86. The lowest BCUT2D eigenvalue weighted by molar-refractivity contribution is -0.0140. The number of hydrogen-bond donors (Lipinski definition) is 2. The lowest BCUT2D eigenvalue weighted by atomic mass is 9.94. The van der Waals surface area contributed by atoms with Gasteiger partial charge in [-0.05, 0) is 0 Å². The van der Waals surface area contributed by atoms with Crippen LogP contribution in [0.25, 0.3) is 11.1 Å². The van der Waals surface area contributed by atoms with E-state index in [0.717, 1.165) is 26.2 Å². The number of rotatable bonds is 1. The summed E-state index contributed by atoms with van der Waals surface area (Å²) in [6, 6.07) is 0. The van der Waals surface area contributed by atoms with E-state index in [9.17, 15) is 8.78 Å². The zero-order valence-corrected chi connectivity index (χ0v) is 13.3. The van der Waals surface area contributed by atoms with Crippen LogP contribution in [0.4, 0.5) is 20.5 Å². The zero-order valence-electron chi connectivity index (χ0n) is 12.4. The van der Waals surface area contributed by atoms with Crippen molar-refractivity contribution in [3.05, 3.63) is 11.3 Å². The summed E-state index contributed by atoms with van der Waals surface area (Å²) in [4.78, 5) is 10.5. The van der Waals surface area contributed by atoms with Crippen molar-refractivity contribution >= 4 is 35.3 Å². The number of aryl methyl sites for hydroxylation is 1. The fourth-order valence-corrected chi connectivity index (χ4v) is 3.19. The van der Waals surface area contributed by atoms with Crippen LogP contribution < -0.4 is 16.0 Å². The predicted molar refractivity (Wildman–Crippen MR) is 85.5 cm³/mol. The SMILES string of the molecule is Cl.Nc1nc(N2CCNCC2)c2oc3c(c2n1)CC(F)(F)CC3. The quantitative estimate of drug-likeness (QED) is 0.820. The maximum absolute atomic E-state index is 13.7. The van der Waals surface area contributed by atoms with Crippen molar-refractivity contribution in [3.63, 3.8) is 0 Å². The molecule has 2 aromatic heterocycles. The van der Waals surface area contributed by atoms with E-state index in [1.807, 2.05) is 0 Å². The molecule has 23 heavy (non-hydrogen) atoms. The van der Waals surface area contributed by atoms with Crippen molar-refractivity contribution in [2.45, 2.75) is 25.2 Å². The Kier molecular flexibility index (Phi) is 4.05. The molecule has 0 spiro atoms. The van der Waals surface area contributed by atoms with Crippen molar-refractivity contribution < 1.29 is 13.2 Å². The molecule has 0 unspecified atom stereocenters. The third-order valence-electron chi connectivity index (χ3n) is 4.28. The number of hydrogen-bond acceptors (Lipinski definition) is 6. The van der Waals surface area contributed by atoms with Crippen LogP contribution in [0.2, 0.25) is 0 Å². The first kappa shape index (κ1) is 16.2. The molecule has 2 aliphatic rings. The molecule has 6 nitrogen and oxygen atoms in total. The molecule has 0 amide bonds. The molecule has 0 radical (unpaired) electrons. The standard InChI is InChI=1S/C14H17F2N5O.ClH/c15-14(16)2-1-9-8(7-14)10-11(22-9)12(20-13(17)19-10)21-5-3-18-4-6-21;/h18H,1-7H2,(H2,17,19,20);1H. The van der Waals surface area contributed by atoms with Gasteiger partial charge in [0, 0.05) is 51.0 Å². The molecule has 1 aliphatic carbocycles. The highest BCUT2D eigenvalue weighted by Gasteiger charge is 2.38. The normalized spacial score (nSPS) is 20.2. The molecule has 4 rings (SSSR count). The Morgan fingerprint density at radius 2 is 1.96 bits per heavy atom. The largest absolute Gasteiger partial charge is 0.455 e. The average Bonchev–Trinajstić information content (AvgIpc) is 2.84. The summed E-state index contributed by atoms with van der Waals surface area (Å²) in [5.74, 6) is -1.41. The summed E-state index contributed by atoms with van der Waals surface area (Å²) in [6.45, 7) is 3.22.